The van der Waals surface area contributed by atoms with Gasteiger partial charge in [-0.25, -0.2) is 0 Å². The summed E-state index contributed by atoms with van der Waals surface area (Å²) in [5, 5.41) is 5.33. The van der Waals surface area contributed by atoms with E-state index in [4.69, 9.17) is 0 Å². The Balaban J connectivity index is 1.83. The van der Waals surface area contributed by atoms with Gasteiger partial charge in [-0.3, -0.25) is 0 Å². The Labute approximate surface area is 259 Å². The molecule has 0 aromatic heterocycles. The van der Waals surface area contributed by atoms with Crippen molar-refractivity contribution in [2.24, 2.45) is 0 Å². The van der Waals surface area contributed by atoms with Crippen molar-refractivity contribution >= 4 is 38.6 Å². The molecule has 0 fully saturated rings. The highest BCUT2D eigenvalue weighted by atomic mass is 15.1. The first-order valence-corrected chi connectivity index (χ1v) is 16.4. The van der Waals surface area contributed by atoms with E-state index < -0.39 is 0 Å². The largest absolute Gasteiger partial charge is 0.372 e. The second-order valence-corrected chi connectivity index (χ2v) is 11.4. The predicted molar refractivity (Wildman–Crippen MR) is 191 cm³/mol. The van der Waals surface area contributed by atoms with Crippen molar-refractivity contribution < 1.29 is 0 Å². The van der Waals surface area contributed by atoms with E-state index in [1.54, 1.807) is 0 Å². The van der Waals surface area contributed by atoms with Crippen LogP contribution in [-0.2, 0) is 0 Å². The Morgan fingerprint density at radius 2 is 0.837 bits per heavy atom. The molecule has 3 nitrogen and oxygen atoms in total. The van der Waals surface area contributed by atoms with E-state index in [9.17, 15) is 0 Å². The Morgan fingerprint density at radius 3 is 1.23 bits per heavy atom. The fourth-order valence-corrected chi connectivity index (χ4v) is 7.07. The van der Waals surface area contributed by atoms with Crippen LogP contribution >= 0.6 is 0 Å². The number of hydrogen-bond donors (Lipinski definition) is 0. The lowest BCUT2D eigenvalue weighted by Crippen LogP contribution is -2.23. The molecule has 0 aliphatic rings. The number of rotatable bonds is 12. The minimum absolute atomic E-state index is 0.0945. The highest BCUT2D eigenvalue weighted by Gasteiger charge is 2.25. The van der Waals surface area contributed by atoms with Gasteiger partial charge < -0.3 is 14.7 Å². The summed E-state index contributed by atoms with van der Waals surface area (Å²) in [5.41, 5.74) is 9.38. The summed E-state index contributed by atoms with van der Waals surface area (Å²) < 4.78 is 0. The summed E-state index contributed by atoms with van der Waals surface area (Å²) in [5.74, 6) is 0.0945. The number of fused-ring (bicyclic) bond motifs is 2. The number of benzene rings is 5. The number of nitrogens with zero attached hydrogens (tertiary/aromatic N) is 3. The molecule has 3 heteroatoms. The molecule has 0 saturated carbocycles. The van der Waals surface area contributed by atoms with Gasteiger partial charge in [0.15, 0.2) is 0 Å². The Bertz CT molecular complexity index is 1580. The third-order valence-corrected chi connectivity index (χ3v) is 9.39. The average Bonchev–Trinajstić information content (AvgIpc) is 3.05. The predicted octanol–water partition coefficient (Wildman–Crippen LogP) is 10.0. The Kier molecular flexibility index (Phi) is 9.60. The van der Waals surface area contributed by atoms with Crippen molar-refractivity contribution in [3.63, 3.8) is 0 Å². The van der Waals surface area contributed by atoms with Crippen molar-refractivity contribution in [1.29, 1.82) is 0 Å². The van der Waals surface area contributed by atoms with Crippen LogP contribution in [0, 0.1) is 6.92 Å². The molecule has 5 rings (SSSR count). The van der Waals surface area contributed by atoms with Gasteiger partial charge in [-0.1, -0.05) is 66.7 Å². The molecule has 0 saturated heterocycles. The molecule has 0 amide bonds. The van der Waals surface area contributed by atoms with Gasteiger partial charge in [-0.2, -0.15) is 0 Å². The van der Waals surface area contributed by atoms with E-state index in [2.05, 4.69) is 154 Å². The van der Waals surface area contributed by atoms with Crippen LogP contribution in [0.1, 0.15) is 69.7 Å². The van der Waals surface area contributed by atoms with Gasteiger partial charge in [0.1, 0.15) is 0 Å². The monoisotopic (exact) mass is 571 g/mol. The summed E-state index contributed by atoms with van der Waals surface area (Å²) >= 11 is 0. The van der Waals surface area contributed by atoms with Gasteiger partial charge in [-0.05, 0) is 106 Å². The fraction of sp³-hybridized carbons (Fsp3) is 0.350. The molecule has 0 atom stereocenters. The number of aryl methyl sites for hydroxylation is 1. The van der Waals surface area contributed by atoms with E-state index >= 15 is 0 Å². The molecule has 0 spiro atoms. The van der Waals surface area contributed by atoms with Gasteiger partial charge in [0.2, 0.25) is 0 Å². The SMILES string of the molecule is CCN(CC)c1ccc(C(c2ccc(N(CC)CC)c3ccccc23)c2ccc(N(CC)CC)c3ccccc23)c(C)c1. The van der Waals surface area contributed by atoms with Gasteiger partial charge >= 0.3 is 0 Å². The van der Waals surface area contributed by atoms with Crippen LogP contribution in [-0.4, -0.2) is 39.3 Å². The minimum atomic E-state index is 0.0945. The van der Waals surface area contributed by atoms with Crippen molar-refractivity contribution in [1.82, 2.24) is 0 Å². The normalized spacial score (nSPS) is 11.4. The molecule has 0 unspecified atom stereocenters. The van der Waals surface area contributed by atoms with Crippen LogP contribution in [0.2, 0.25) is 0 Å². The van der Waals surface area contributed by atoms with Gasteiger partial charge in [0, 0.05) is 73.0 Å². The first kappa shape index (κ1) is 30.5. The van der Waals surface area contributed by atoms with E-state index in [-0.39, 0.29) is 5.92 Å². The Hall–Kier alpha value is -3.98. The molecule has 0 N–H and O–H groups in total. The molecule has 0 radical (unpaired) electrons. The molecule has 5 aromatic rings. The summed E-state index contributed by atoms with van der Waals surface area (Å²) in [6, 6.07) is 34.7. The zero-order valence-corrected chi connectivity index (χ0v) is 27.3. The summed E-state index contributed by atoms with van der Waals surface area (Å²) in [6.45, 7) is 21.8. The van der Waals surface area contributed by atoms with E-state index in [1.165, 1.54) is 60.9 Å². The summed E-state index contributed by atoms with van der Waals surface area (Å²) in [4.78, 5) is 7.38. The standard InChI is InChI=1S/C40H49N3/c1-8-41(9-2)30-22-23-31(29(7)28-30)40(36-24-26-38(42(10-3)11-4)34-20-16-14-18-32(34)36)37-25-27-39(43(12-5)13-6)35-21-17-15-19-33(35)37/h14-28,40H,8-13H2,1-7H3. The fourth-order valence-electron chi connectivity index (χ4n) is 7.07. The van der Waals surface area contributed by atoms with Crippen molar-refractivity contribution in [3.05, 3.63) is 113 Å². The van der Waals surface area contributed by atoms with Gasteiger partial charge in [0.25, 0.3) is 0 Å². The molecule has 0 aliphatic carbocycles. The topological polar surface area (TPSA) is 9.72 Å². The van der Waals surface area contributed by atoms with Crippen molar-refractivity contribution in [3.8, 4) is 0 Å². The molecule has 5 aromatic carbocycles. The molecule has 224 valence electrons. The maximum absolute atomic E-state index is 2.47. The highest BCUT2D eigenvalue weighted by Crippen LogP contribution is 2.44. The van der Waals surface area contributed by atoms with Crippen LogP contribution in [0.5, 0.6) is 0 Å². The highest BCUT2D eigenvalue weighted by molar-refractivity contribution is 6.00. The average molecular weight is 572 g/mol. The lowest BCUT2D eigenvalue weighted by molar-refractivity contribution is 0.862. The number of hydrogen-bond acceptors (Lipinski definition) is 3. The zero-order chi connectivity index (χ0) is 30.5. The smallest absolute Gasteiger partial charge is 0.0445 e. The van der Waals surface area contributed by atoms with Crippen LogP contribution in [0.3, 0.4) is 0 Å². The van der Waals surface area contributed by atoms with E-state index in [0.29, 0.717) is 0 Å². The summed E-state index contributed by atoms with van der Waals surface area (Å²) in [7, 11) is 0. The molecular formula is C40H49N3. The zero-order valence-electron chi connectivity index (χ0n) is 27.3. The van der Waals surface area contributed by atoms with Crippen molar-refractivity contribution in [2.45, 2.75) is 54.4 Å². The number of anilines is 3. The van der Waals surface area contributed by atoms with E-state index in [0.717, 1.165) is 39.3 Å². The quantitative estimate of drug-likeness (QED) is 0.138. The summed E-state index contributed by atoms with van der Waals surface area (Å²) in [6.07, 6.45) is 0. The third-order valence-electron chi connectivity index (χ3n) is 9.39. The minimum Gasteiger partial charge on any atom is -0.372 e. The van der Waals surface area contributed by atoms with E-state index in [1.807, 2.05) is 0 Å². The maximum Gasteiger partial charge on any atom is 0.0445 e. The second kappa shape index (κ2) is 13.5. The maximum atomic E-state index is 2.47. The van der Waals surface area contributed by atoms with Gasteiger partial charge in [0.05, 0.1) is 0 Å². The second-order valence-electron chi connectivity index (χ2n) is 11.4. The van der Waals surface area contributed by atoms with Crippen LogP contribution < -0.4 is 14.7 Å². The van der Waals surface area contributed by atoms with Crippen molar-refractivity contribution in [2.75, 3.05) is 54.0 Å². The van der Waals surface area contributed by atoms with Gasteiger partial charge in [-0.15, -0.1) is 0 Å². The third kappa shape index (κ3) is 5.70. The molecule has 0 heterocycles. The first-order valence-electron chi connectivity index (χ1n) is 16.4. The first-order chi connectivity index (χ1) is 21.0. The molecule has 0 aliphatic heterocycles. The lowest BCUT2D eigenvalue weighted by atomic mass is 9.78. The molecular weight excluding hydrogens is 522 g/mol. The van der Waals surface area contributed by atoms with Crippen LogP contribution in [0.15, 0.2) is 91.0 Å². The Morgan fingerprint density at radius 1 is 0.442 bits per heavy atom. The lowest BCUT2D eigenvalue weighted by Gasteiger charge is -2.30. The van der Waals surface area contributed by atoms with Crippen LogP contribution in [0.4, 0.5) is 17.1 Å². The van der Waals surface area contributed by atoms with Crippen LogP contribution in [0.25, 0.3) is 21.5 Å². The molecule has 0 bridgehead atoms. The molecule has 43 heavy (non-hydrogen) atoms.